The zero-order valence-electron chi connectivity index (χ0n) is 14.7. The molecule has 138 valence electrons. The molecule has 0 saturated carbocycles. The van der Waals surface area contributed by atoms with Crippen molar-refractivity contribution in [2.45, 2.75) is 13.8 Å². The van der Waals surface area contributed by atoms with Crippen molar-refractivity contribution >= 4 is 27.6 Å². The maximum Gasteiger partial charge on any atom is 0.254 e. The highest BCUT2D eigenvalue weighted by Gasteiger charge is 2.14. The Morgan fingerprint density at radius 2 is 1.59 bits per heavy atom. The van der Waals surface area contributed by atoms with Crippen LogP contribution in [0.5, 0.6) is 0 Å². The summed E-state index contributed by atoms with van der Waals surface area (Å²) in [5.74, 6) is 1.83. The third-order valence-electron chi connectivity index (χ3n) is 3.32. The van der Waals surface area contributed by atoms with E-state index in [1.165, 1.54) is 6.33 Å². The first kappa shape index (κ1) is 18.5. The zero-order valence-corrected chi connectivity index (χ0v) is 16.2. The van der Waals surface area contributed by atoms with E-state index in [0.717, 1.165) is 11.4 Å². The van der Waals surface area contributed by atoms with E-state index < -0.39 is 0 Å². The molecule has 4 heterocycles. The van der Waals surface area contributed by atoms with Gasteiger partial charge in [0.25, 0.3) is 5.95 Å². The van der Waals surface area contributed by atoms with E-state index in [9.17, 15) is 0 Å². The van der Waals surface area contributed by atoms with Gasteiger partial charge in [0, 0.05) is 18.6 Å². The number of aromatic nitrogens is 8. The molecule has 4 N–H and O–H groups in total. The van der Waals surface area contributed by atoms with E-state index in [-0.39, 0.29) is 0 Å². The fraction of sp³-hybridized carbons (Fsp3) is 0.125. The van der Waals surface area contributed by atoms with Gasteiger partial charge in [0.2, 0.25) is 0 Å². The number of rotatable bonds is 2. The lowest BCUT2D eigenvalue weighted by molar-refractivity contribution is 0.763. The molecule has 0 amide bonds. The summed E-state index contributed by atoms with van der Waals surface area (Å²) in [5.41, 5.74) is 12.9. The van der Waals surface area contributed by atoms with Gasteiger partial charge in [-0.25, -0.2) is 19.3 Å². The fourth-order valence-corrected chi connectivity index (χ4v) is 2.41. The zero-order chi connectivity index (χ0) is 19.4. The number of anilines is 2. The van der Waals surface area contributed by atoms with Crippen LogP contribution in [0, 0.1) is 13.8 Å². The quantitative estimate of drug-likeness (QED) is 0.492. The second kappa shape index (κ2) is 7.91. The van der Waals surface area contributed by atoms with E-state index in [4.69, 9.17) is 11.5 Å². The fourth-order valence-electron chi connectivity index (χ4n) is 2.05. The predicted molar refractivity (Wildman–Crippen MR) is 104 cm³/mol. The van der Waals surface area contributed by atoms with Crippen LogP contribution >= 0.6 is 15.9 Å². The smallest absolute Gasteiger partial charge is 0.254 e. The van der Waals surface area contributed by atoms with Gasteiger partial charge < -0.3 is 11.5 Å². The van der Waals surface area contributed by atoms with Gasteiger partial charge in [0.1, 0.15) is 22.4 Å². The Bertz CT molecular complexity index is 1040. The standard InChI is InChI=1S/C12H12BrN7.C4H5N3/c1-7-3-5-19(17-7)11-9(13)10(14)15-12(16-11)20-6-4-8(2)18-20;5-4-1-2-6-3-7-4/h3-6H,1-2H3,(H2,14,15,16);1-3H,(H2,5,6,7). The Balaban J connectivity index is 0.000000253. The molecule has 0 aliphatic carbocycles. The Kier molecular flexibility index (Phi) is 5.41. The van der Waals surface area contributed by atoms with Crippen LogP contribution in [0.25, 0.3) is 11.8 Å². The van der Waals surface area contributed by atoms with Crippen molar-refractivity contribution in [3.8, 4) is 11.8 Å². The molecule has 11 heteroatoms. The Labute approximate surface area is 163 Å². The molecular formula is C16H17BrN10. The lowest BCUT2D eigenvalue weighted by atomic mass is 10.5. The molecule has 0 aliphatic rings. The van der Waals surface area contributed by atoms with Gasteiger partial charge in [-0.2, -0.15) is 20.2 Å². The van der Waals surface area contributed by atoms with Crippen LogP contribution < -0.4 is 11.5 Å². The van der Waals surface area contributed by atoms with Crippen molar-refractivity contribution in [1.82, 2.24) is 39.5 Å². The highest BCUT2D eigenvalue weighted by molar-refractivity contribution is 9.10. The van der Waals surface area contributed by atoms with Gasteiger partial charge in [0.15, 0.2) is 5.82 Å². The molecule has 0 aliphatic heterocycles. The molecule has 0 aromatic carbocycles. The van der Waals surface area contributed by atoms with Crippen LogP contribution in [0.1, 0.15) is 11.4 Å². The van der Waals surface area contributed by atoms with E-state index in [2.05, 4.69) is 46.1 Å². The lowest BCUT2D eigenvalue weighted by Gasteiger charge is -2.08. The van der Waals surface area contributed by atoms with E-state index in [1.54, 1.807) is 27.8 Å². The van der Waals surface area contributed by atoms with Crippen LogP contribution in [0.4, 0.5) is 11.6 Å². The van der Waals surface area contributed by atoms with Crippen molar-refractivity contribution in [3.05, 3.63) is 59.0 Å². The van der Waals surface area contributed by atoms with Gasteiger partial charge in [-0.05, 0) is 48.0 Å². The number of hydrogen-bond donors (Lipinski definition) is 2. The van der Waals surface area contributed by atoms with Crippen LogP contribution in [-0.2, 0) is 0 Å². The normalized spacial score (nSPS) is 10.3. The molecule has 0 atom stereocenters. The van der Waals surface area contributed by atoms with Crippen molar-refractivity contribution in [3.63, 3.8) is 0 Å². The molecule has 10 nitrogen and oxygen atoms in total. The topological polar surface area (TPSA) is 139 Å². The highest BCUT2D eigenvalue weighted by Crippen LogP contribution is 2.24. The van der Waals surface area contributed by atoms with E-state index >= 15 is 0 Å². The molecule has 0 unspecified atom stereocenters. The summed E-state index contributed by atoms with van der Waals surface area (Å²) in [5, 5.41) is 8.62. The molecule has 0 fully saturated rings. The molecule has 0 radical (unpaired) electrons. The van der Waals surface area contributed by atoms with Crippen LogP contribution in [0.15, 0.2) is 47.6 Å². The van der Waals surface area contributed by atoms with Gasteiger partial charge >= 0.3 is 0 Å². The van der Waals surface area contributed by atoms with Gasteiger partial charge in [-0.3, -0.25) is 0 Å². The molecule has 27 heavy (non-hydrogen) atoms. The van der Waals surface area contributed by atoms with Crippen molar-refractivity contribution < 1.29 is 0 Å². The molecule has 4 aromatic heterocycles. The number of nitrogens with zero attached hydrogens (tertiary/aromatic N) is 8. The largest absolute Gasteiger partial charge is 0.384 e. The number of nitrogen functional groups attached to an aromatic ring is 2. The Hall–Kier alpha value is -3.34. The van der Waals surface area contributed by atoms with Crippen molar-refractivity contribution in [1.29, 1.82) is 0 Å². The SMILES string of the molecule is Cc1ccn(-c2nc(N)c(Br)c(-n3ccc(C)n3)n2)n1.Nc1ccncn1. The Morgan fingerprint density at radius 1 is 0.926 bits per heavy atom. The van der Waals surface area contributed by atoms with Gasteiger partial charge in [-0.1, -0.05) is 0 Å². The first-order valence-corrected chi connectivity index (χ1v) is 8.63. The maximum atomic E-state index is 5.93. The molecule has 4 rings (SSSR count). The average Bonchev–Trinajstić information content (AvgIpc) is 3.27. The summed E-state index contributed by atoms with van der Waals surface area (Å²) in [6, 6.07) is 5.40. The lowest BCUT2D eigenvalue weighted by Crippen LogP contribution is -2.10. The van der Waals surface area contributed by atoms with Gasteiger partial charge in [-0.15, -0.1) is 0 Å². The van der Waals surface area contributed by atoms with Gasteiger partial charge in [0.05, 0.1) is 11.4 Å². The summed E-state index contributed by atoms with van der Waals surface area (Å²) in [4.78, 5) is 16.0. The monoisotopic (exact) mass is 428 g/mol. The summed E-state index contributed by atoms with van der Waals surface area (Å²) in [7, 11) is 0. The third kappa shape index (κ3) is 4.44. The third-order valence-corrected chi connectivity index (χ3v) is 4.08. The van der Waals surface area contributed by atoms with Crippen LogP contribution in [0.2, 0.25) is 0 Å². The Morgan fingerprint density at radius 3 is 2.07 bits per heavy atom. The first-order valence-electron chi connectivity index (χ1n) is 7.84. The molecule has 0 bridgehead atoms. The predicted octanol–water partition coefficient (Wildman–Crippen LogP) is 1.87. The number of hydrogen-bond acceptors (Lipinski definition) is 8. The van der Waals surface area contributed by atoms with E-state index in [0.29, 0.717) is 27.9 Å². The minimum atomic E-state index is 0.339. The number of aryl methyl sites for hydroxylation is 2. The highest BCUT2D eigenvalue weighted by atomic mass is 79.9. The van der Waals surface area contributed by atoms with Crippen LogP contribution in [-0.4, -0.2) is 39.5 Å². The van der Waals surface area contributed by atoms with E-state index in [1.807, 2.05) is 32.2 Å². The number of nitrogens with two attached hydrogens (primary N) is 2. The molecule has 4 aromatic rings. The first-order chi connectivity index (χ1) is 12.9. The summed E-state index contributed by atoms with van der Waals surface area (Å²) >= 11 is 3.40. The van der Waals surface area contributed by atoms with Crippen molar-refractivity contribution in [2.75, 3.05) is 11.5 Å². The number of halogens is 1. The average molecular weight is 429 g/mol. The maximum absolute atomic E-state index is 5.93. The summed E-state index contributed by atoms with van der Waals surface area (Å²) < 4.78 is 3.84. The summed E-state index contributed by atoms with van der Waals surface area (Å²) in [6.45, 7) is 3.81. The molecule has 0 spiro atoms. The molecular weight excluding hydrogens is 412 g/mol. The van der Waals surface area contributed by atoms with Crippen molar-refractivity contribution in [2.24, 2.45) is 0 Å². The minimum absolute atomic E-state index is 0.339. The van der Waals surface area contributed by atoms with Crippen LogP contribution in [0.3, 0.4) is 0 Å². The molecule has 0 saturated heterocycles. The second-order valence-electron chi connectivity index (χ2n) is 5.48. The minimum Gasteiger partial charge on any atom is -0.384 e. The summed E-state index contributed by atoms with van der Waals surface area (Å²) in [6.07, 6.45) is 6.62. The second-order valence-corrected chi connectivity index (χ2v) is 6.28.